The molecule has 0 radical (unpaired) electrons. The van der Waals surface area contributed by atoms with Gasteiger partial charge in [-0.25, -0.2) is 0 Å². The Morgan fingerprint density at radius 1 is 1.00 bits per heavy atom. The first kappa shape index (κ1) is 13.4. The molecule has 0 bridgehead atoms. The first-order chi connectivity index (χ1) is 9.13. The van der Waals surface area contributed by atoms with Crippen LogP contribution in [0.25, 0.3) is 11.1 Å². The molecule has 2 rings (SSSR count). The van der Waals surface area contributed by atoms with E-state index in [1.807, 2.05) is 6.92 Å². The molecule has 0 spiro atoms. The molecular weight excluding hydrogens is 242 g/mol. The molecule has 0 aromatic carbocycles. The maximum atomic E-state index is 12.2. The van der Waals surface area contributed by atoms with Crippen molar-refractivity contribution in [1.29, 1.82) is 0 Å². The van der Waals surface area contributed by atoms with Crippen LogP contribution in [-0.4, -0.2) is 18.7 Å². The lowest BCUT2D eigenvalue weighted by Crippen LogP contribution is -2.27. The Kier molecular flexibility index (Phi) is 3.74. The summed E-state index contributed by atoms with van der Waals surface area (Å²) in [5, 5.41) is 1.28. The van der Waals surface area contributed by atoms with Crippen molar-refractivity contribution < 1.29 is 0 Å². The molecule has 1 aliphatic carbocycles. The molecule has 0 aromatic rings. The molecule has 0 N–H and O–H groups in total. The summed E-state index contributed by atoms with van der Waals surface area (Å²) in [6, 6.07) is 3.31. The average molecular weight is 259 g/mol. The molecule has 0 amide bonds. The molecule has 100 valence electrons. The zero-order valence-corrected chi connectivity index (χ0v) is 11.4. The van der Waals surface area contributed by atoms with Crippen LogP contribution in [0.4, 0.5) is 0 Å². The fourth-order valence-electron chi connectivity index (χ4n) is 2.19. The van der Waals surface area contributed by atoms with Crippen LogP contribution >= 0.6 is 0 Å². The smallest absolute Gasteiger partial charge is 0.261 e. The van der Waals surface area contributed by atoms with Crippen LogP contribution in [0, 0.1) is 0 Å². The second kappa shape index (κ2) is 5.30. The maximum absolute atomic E-state index is 12.2. The fraction of sp³-hybridized carbons (Fsp3) is 0.429. The van der Waals surface area contributed by atoms with E-state index in [9.17, 15) is 9.59 Å². The number of unbranched alkanes of at least 4 members (excludes halogenated alkanes) is 1. The predicted molar refractivity (Wildman–Crippen MR) is 73.8 cm³/mol. The Balaban J connectivity index is 2.83. The highest BCUT2D eigenvalue weighted by Crippen LogP contribution is 2.08. The third-order valence-corrected chi connectivity index (χ3v) is 3.28. The van der Waals surface area contributed by atoms with Gasteiger partial charge in [0.2, 0.25) is 0 Å². The predicted octanol–water partition coefficient (Wildman–Crippen LogP) is 0.0500. The molecule has 0 fully saturated rings. The summed E-state index contributed by atoms with van der Waals surface area (Å²) in [4.78, 5) is 32.6. The Morgan fingerprint density at radius 3 is 1.84 bits per heavy atom. The third-order valence-electron chi connectivity index (χ3n) is 3.28. The summed E-state index contributed by atoms with van der Waals surface area (Å²) in [5.74, 6) is 0. The van der Waals surface area contributed by atoms with Crippen molar-refractivity contribution in [2.45, 2.75) is 26.3 Å². The largest absolute Gasteiger partial charge is 0.286 e. The van der Waals surface area contributed by atoms with Crippen LogP contribution in [0.1, 0.15) is 19.8 Å². The summed E-state index contributed by atoms with van der Waals surface area (Å²) >= 11 is 0. The first-order valence-corrected chi connectivity index (χ1v) is 6.38. The van der Waals surface area contributed by atoms with Crippen molar-refractivity contribution >= 4 is 0 Å². The van der Waals surface area contributed by atoms with Crippen molar-refractivity contribution in [2.75, 3.05) is 14.1 Å². The zero-order chi connectivity index (χ0) is 14.0. The van der Waals surface area contributed by atoms with E-state index in [0.717, 1.165) is 12.8 Å². The second-order valence-electron chi connectivity index (χ2n) is 4.45. The van der Waals surface area contributed by atoms with Gasteiger partial charge in [0.15, 0.2) is 0 Å². The summed E-state index contributed by atoms with van der Waals surface area (Å²) in [7, 11) is 3.29. The lowest BCUT2D eigenvalue weighted by atomic mass is 10.1. The first-order valence-electron chi connectivity index (χ1n) is 6.38. The van der Waals surface area contributed by atoms with E-state index in [1.165, 1.54) is 4.57 Å². The highest BCUT2D eigenvalue weighted by Gasteiger charge is 2.18. The summed E-state index contributed by atoms with van der Waals surface area (Å²) in [6.07, 6.45) is 1.76. The molecule has 0 saturated carbocycles. The standard InChI is InChI=1S/C14H17N3O2/c1-4-5-6-17-13(18)9-7-11(15-2)12(16-3)8-10(9)14(17)19/h7-8H,4-6H2,1-3H3. The number of hydrogen-bond acceptors (Lipinski definition) is 4. The van der Waals surface area contributed by atoms with E-state index in [0.29, 0.717) is 28.4 Å². The van der Waals surface area contributed by atoms with E-state index in [2.05, 4.69) is 9.98 Å². The number of aromatic nitrogens is 1. The van der Waals surface area contributed by atoms with Gasteiger partial charge in [0.1, 0.15) is 0 Å². The number of benzene rings is 1. The molecular formula is C14H17N3O2. The molecule has 19 heavy (non-hydrogen) atoms. The third kappa shape index (κ3) is 2.16. The van der Waals surface area contributed by atoms with Crippen LogP contribution in [0.3, 0.4) is 0 Å². The summed E-state index contributed by atoms with van der Waals surface area (Å²) in [5.41, 5.74) is 0.435. The molecule has 1 heterocycles. The van der Waals surface area contributed by atoms with Crippen LogP contribution in [0.15, 0.2) is 31.7 Å². The highest BCUT2D eigenvalue weighted by molar-refractivity contribution is 5.63. The van der Waals surface area contributed by atoms with E-state index in [-0.39, 0.29) is 11.1 Å². The molecule has 5 heteroatoms. The van der Waals surface area contributed by atoms with Gasteiger partial charge >= 0.3 is 0 Å². The molecule has 5 nitrogen and oxygen atoms in total. The van der Waals surface area contributed by atoms with Crippen molar-refractivity contribution in [2.24, 2.45) is 9.98 Å². The van der Waals surface area contributed by atoms with Crippen molar-refractivity contribution in [3.63, 3.8) is 0 Å². The van der Waals surface area contributed by atoms with E-state index >= 15 is 0 Å². The minimum Gasteiger partial charge on any atom is -0.286 e. The van der Waals surface area contributed by atoms with Crippen molar-refractivity contribution in [3.8, 4) is 11.1 Å². The quantitative estimate of drug-likeness (QED) is 0.782. The van der Waals surface area contributed by atoms with Gasteiger partial charge in [-0.15, -0.1) is 0 Å². The van der Waals surface area contributed by atoms with E-state index < -0.39 is 0 Å². The molecule has 0 aromatic heterocycles. The van der Waals surface area contributed by atoms with E-state index in [4.69, 9.17) is 0 Å². The topological polar surface area (TPSA) is 63.8 Å². The normalized spacial score (nSPS) is 13.6. The summed E-state index contributed by atoms with van der Waals surface area (Å²) < 4.78 is 1.31. The lowest BCUT2D eigenvalue weighted by Gasteiger charge is -1.95. The van der Waals surface area contributed by atoms with Crippen LogP contribution in [0.5, 0.6) is 0 Å². The van der Waals surface area contributed by atoms with Crippen molar-refractivity contribution in [1.82, 2.24) is 4.57 Å². The Labute approximate surface area is 110 Å². The molecule has 2 aliphatic rings. The van der Waals surface area contributed by atoms with Gasteiger partial charge in [0.05, 0.1) is 21.8 Å². The van der Waals surface area contributed by atoms with Crippen LogP contribution < -0.4 is 21.8 Å². The van der Waals surface area contributed by atoms with Gasteiger partial charge < -0.3 is 0 Å². The molecule has 0 saturated heterocycles. The molecule has 0 unspecified atom stereocenters. The fourth-order valence-corrected chi connectivity index (χ4v) is 2.19. The Morgan fingerprint density at radius 2 is 1.47 bits per heavy atom. The van der Waals surface area contributed by atoms with Crippen LogP contribution in [-0.2, 0) is 6.54 Å². The van der Waals surface area contributed by atoms with Gasteiger partial charge in [0.25, 0.3) is 11.1 Å². The minimum absolute atomic E-state index is 0.221. The van der Waals surface area contributed by atoms with E-state index in [1.54, 1.807) is 26.2 Å². The molecule has 1 aliphatic heterocycles. The minimum atomic E-state index is -0.221. The average Bonchev–Trinajstić information content (AvgIpc) is 2.67. The molecule has 0 atom stereocenters. The SMILES string of the molecule is CCCCn1c(=O)c2cc(=NC)c(=NC)cc-2c1=O. The van der Waals surface area contributed by atoms with Crippen molar-refractivity contribution in [3.05, 3.63) is 43.6 Å². The monoisotopic (exact) mass is 259 g/mol. The van der Waals surface area contributed by atoms with Gasteiger partial charge in [0, 0.05) is 20.6 Å². The number of nitrogens with zero attached hydrogens (tertiary/aromatic N) is 3. The zero-order valence-electron chi connectivity index (χ0n) is 11.4. The Hall–Kier alpha value is -2.04. The number of rotatable bonds is 3. The van der Waals surface area contributed by atoms with Gasteiger partial charge in [-0.05, 0) is 18.6 Å². The lowest BCUT2D eigenvalue weighted by molar-refractivity contribution is 0.608. The number of hydrogen-bond donors (Lipinski definition) is 0. The second-order valence-corrected chi connectivity index (χ2v) is 4.45. The van der Waals surface area contributed by atoms with Crippen LogP contribution in [0.2, 0.25) is 0 Å². The maximum Gasteiger partial charge on any atom is 0.261 e. The highest BCUT2D eigenvalue weighted by atomic mass is 16.2. The van der Waals surface area contributed by atoms with Gasteiger partial charge in [-0.3, -0.25) is 24.1 Å². The van der Waals surface area contributed by atoms with Gasteiger partial charge in [-0.1, -0.05) is 13.3 Å². The number of fused-ring (bicyclic) bond motifs is 1. The van der Waals surface area contributed by atoms with Gasteiger partial charge in [-0.2, -0.15) is 0 Å². The summed E-state index contributed by atoms with van der Waals surface area (Å²) in [6.45, 7) is 2.50. The Bertz CT molecular complexity index is 715.